The van der Waals surface area contributed by atoms with Crippen molar-refractivity contribution in [2.45, 2.75) is 6.42 Å². The summed E-state index contributed by atoms with van der Waals surface area (Å²) in [5.41, 5.74) is 1.55. The zero-order chi connectivity index (χ0) is 21.4. The number of amides is 2. The molecule has 2 amide bonds. The Morgan fingerprint density at radius 2 is 2.10 bits per heavy atom. The van der Waals surface area contributed by atoms with E-state index in [1.165, 1.54) is 11.3 Å². The molecule has 1 aromatic heterocycles. The van der Waals surface area contributed by atoms with E-state index in [2.05, 4.69) is 4.98 Å². The van der Waals surface area contributed by atoms with Crippen LogP contribution < -0.4 is 19.3 Å². The first-order chi connectivity index (χ1) is 15.1. The van der Waals surface area contributed by atoms with Crippen LogP contribution in [0.1, 0.15) is 6.42 Å². The van der Waals surface area contributed by atoms with Gasteiger partial charge in [0.15, 0.2) is 16.6 Å². The molecule has 3 aromatic rings. The fraction of sp³-hybridized carbons (Fsp3) is 0.318. The van der Waals surface area contributed by atoms with Crippen LogP contribution in [0, 0.1) is 5.92 Å². The van der Waals surface area contributed by atoms with Crippen LogP contribution >= 0.6 is 11.3 Å². The lowest BCUT2D eigenvalue weighted by Crippen LogP contribution is -2.39. The lowest BCUT2D eigenvalue weighted by atomic mass is 10.1. The number of benzene rings is 2. The van der Waals surface area contributed by atoms with Gasteiger partial charge in [-0.3, -0.25) is 14.5 Å². The second-order valence-electron chi connectivity index (χ2n) is 7.39. The van der Waals surface area contributed by atoms with Crippen LogP contribution in [0.15, 0.2) is 42.5 Å². The molecule has 2 aliphatic rings. The Labute approximate surface area is 182 Å². The predicted octanol–water partition coefficient (Wildman–Crippen LogP) is 3.06. The third-order valence-electron chi connectivity index (χ3n) is 5.44. The summed E-state index contributed by atoms with van der Waals surface area (Å²) in [6.45, 7) is 1.24. The average molecular weight is 439 g/mol. The summed E-state index contributed by atoms with van der Waals surface area (Å²) in [5.74, 6) is 0.601. The number of hydrogen-bond acceptors (Lipinski definition) is 7. The number of nitrogens with zero attached hydrogens (tertiary/aromatic N) is 3. The van der Waals surface area contributed by atoms with Crippen LogP contribution in [-0.2, 0) is 14.3 Å². The smallest absolute Gasteiger partial charge is 0.234 e. The summed E-state index contributed by atoms with van der Waals surface area (Å²) in [4.78, 5) is 34.1. The van der Waals surface area contributed by atoms with Gasteiger partial charge in [-0.15, -0.1) is 0 Å². The minimum Gasteiger partial charge on any atom is -0.454 e. The zero-order valence-electron chi connectivity index (χ0n) is 16.9. The van der Waals surface area contributed by atoms with Crippen molar-refractivity contribution in [1.29, 1.82) is 0 Å². The number of aromatic nitrogens is 1. The molecule has 8 nitrogen and oxygen atoms in total. The van der Waals surface area contributed by atoms with Crippen LogP contribution in [0.5, 0.6) is 11.5 Å². The maximum atomic E-state index is 13.5. The summed E-state index contributed by atoms with van der Waals surface area (Å²) in [6, 6.07) is 13.2. The SMILES string of the molecule is COCCN(C(=O)C1CC(=O)N(c2ccc3c(c2)OCO3)C1)c1nc2ccccc2s1. The summed E-state index contributed by atoms with van der Waals surface area (Å²) in [5, 5.41) is 0.622. The predicted molar refractivity (Wildman–Crippen MR) is 117 cm³/mol. The number of carbonyl (C=O) groups is 2. The highest BCUT2D eigenvalue weighted by Gasteiger charge is 2.38. The average Bonchev–Trinajstić information content (AvgIpc) is 3.50. The molecule has 5 rings (SSSR count). The minimum atomic E-state index is -0.457. The highest BCUT2D eigenvalue weighted by Crippen LogP contribution is 2.38. The van der Waals surface area contributed by atoms with Crippen LogP contribution in [0.2, 0.25) is 0 Å². The Morgan fingerprint density at radius 1 is 1.26 bits per heavy atom. The molecule has 0 spiro atoms. The number of thiazole rings is 1. The van der Waals surface area contributed by atoms with Gasteiger partial charge in [-0.05, 0) is 24.3 Å². The lowest BCUT2D eigenvalue weighted by Gasteiger charge is -2.23. The molecular formula is C22H21N3O5S. The molecular weight excluding hydrogens is 418 g/mol. The van der Waals surface area contributed by atoms with Crippen molar-refractivity contribution in [2.75, 3.05) is 43.4 Å². The summed E-state index contributed by atoms with van der Waals surface area (Å²) < 4.78 is 17.0. The van der Waals surface area contributed by atoms with E-state index in [0.29, 0.717) is 42.0 Å². The Morgan fingerprint density at radius 3 is 2.94 bits per heavy atom. The van der Waals surface area contributed by atoms with Gasteiger partial charge in [-0.2, -0.15) is 0 Å². The molecule has 2 aromatic carbocycles. The van der Waals surface area contributed by atoms with E-state index < -0.39 is 5.92 Å². The topological polar surface area (TPSA) is 81.2 Å². The number of para-hydroxylation sites is 1. The molecule has 0 aliphatic carbocycles. The van der Waals surface area contributed by atoms with E-state index in [0.717, 1.165) is 10.2 Å². The molecule has 1 saturated heterocycles. The van der Waals surface area contributed by atoms with Gasteiger partial charge in [0.25, 0.3) is 0 Å². The van der Waals surface area contributed by atoms with Gasteiger partial charge in [-0.1, -0.05) is 23.5 Å². The number of rotatable bonds is 6. The van der Waals surface area contributed by atoms with Gasteiger partial charge in [-0.25, -0.2) is 4.98 Å². The van der Waals surface area contributed by atoms with Crippen molar-refractivity contribution in [1.82, 2.24) is 4.98 Å². The van der Waals surface area contributed by atoms with Gasteiger partial charge in [0.1, 0.15) is 0 Å². The Hall–Kier alpha value is -3.17. The maximum Gasteiger partial charge on any atom is 0.234 e. The van der Waals surface area contributed by atoms with E-state index in [-0.39, 0.29) is 25.0 Å². The molecule has 0 radical (unpaired) electrons. The quantitative estimate of drug-likeness (QED) is 0.587. The largest absolute Gasteiger partial charge is 0.454 e. The molecule has 9 heteroatoms. The number of ether oxygens (including phenoxy) is 3. The van der Waals surface area contributed by atoms with E-state index in [9.17, 15) is 9.59 Å². The second-order valence-corrected chi connectivity index (χ2v) is 8.40. The van der Waals surface area contributed by atoms with Crippen molar-refractivity contribution in [3.8, 4) is 11.5 Å². The summed E-state index contributed by atoms with van der Waals surface area (Å²) in [7, 11) is 1.60. The number of fused-ring (bicyclic) bond motifs is 2. The molecule has 0 bridgehead atoms. The highest BCUT2D eigenvalue weighted by molar-refractivity contribution is 7.22. The summed E-state index contributed by atoms with van der Waals surface area (Å²) >= 11 is 1.46. The molecule has 3 heterocycles. The molecule has 1 unspecified atom stereocenters. The first-order valence-electron chi connectivity index (χ1n) is 10.00. The Kier molecular flexibility index (Phi) is 5.21. The van der Waals surface area contributed by atoms with E-state index >= 15 is 0 Å². The van der Waals surface area contributed by atoms with Gasteiger partial charge >= 0.3 is 0 Å². The third-order valence-corrected chi connectivity index (χ3v) is 6.50. The molecule has 160 valence electrons. The normalized spacial score (nSPS) is 17.5. The standard InChI is InChI=1S/C22H21N3O5S/c1-28-9-8-24(22-23-16-4-2-3-5-19(16)31-22)21(27)14-10-20(26)25(12-14)15-6-7-17-18(11-15)30-13-29-17/h2-7,11,14H,8-10,12-13H2,1H3. The van der Waals surface area contributed by atoms with Gasteiger partial charge < -0.3 is 19.1 Å². The highest BCUT2D eigenvalue weighted by atomic mass is 32.1. The first-order valence-corrected chi connectivity index (χ1v) is 10.8. The van der Waals surface area contributed by atoms with Crippen LogP contribution in [0.25, 0.3) is 10.2 Å². The fourth-order valence-corrected chi connectivity index (χ4v) is 4.85. The first kappa shape index (κ1) is 19.8. The van der Waals surface area contributed by atoms with Gasteiger partial charge in [0.05, 0.1) is 29.3 Å². The Bertz CT molecular complexity index is 1110. The number of methoxy groups -OCH3 is 1. The van der Waals surface area contributed by atoms with Crippen molar-refractivity contribution < 1.29 is 23.8 Å². The second kappa shape index (κ2) is 8.16. The van der Waals surface area contributed by atoms with Crippen molar-refractivity contribution >= 4 is 44.2 Å². The molecule has 1 atom stereocenters. The van der Waals surface area contributed by atoms with Crippen molar-refractivity contribution in [2.24, 2.45) is 5.92 Å². The zero-order valence-corrected chi connectivity index (χ0v) is 17.8. The minimum absolute atomic E-state index is 0.0896. The monoisotopic (exact) mass is 439 g/mol. The number of hydrogen-bond donors (Lipinski definition) is 0. The van der Waals surface area contributed by atoms with Crippen LogP contribution in [-0.4, -0.2) is 50.4 Å². The molecule has 1 fully saturated rings. The fourth-order valence-electron chi connectivity index (χ4n) is 3.85. The Balaban J connectivity index is 1.38. The lowest BCUT2D eigenvalue weighted by molar-refractivity contribution is -0.124. The van der Waals surface area contributed by atoms with E-state index in [4.69, 9.17) is 14.2 Å². The molecule has 2 aliphatic heterocycles. The van der Waals surface area contributed by atoms with Gasteiger partial charge in [0, 0.05) is 31.8 Å². The van der Waals surface area contributed by atoms with Crippen LogP contribution in [0.4, 0.5) is 10.8 Å². The van der Waals surface area contributed by atoms with E-state index in [1.54, 1.807) is 29.0 Å². The van der Waals surface area contributed by atoms with Gasteiger partial charge in [0.2, 0.25) is 18.6 Å². The molecule has 0 N–H and O–H groups in total. The molecule has 0 saturated carbocycles. The van der Waals surface area contributed by atoms with Crippen molar-refractivity contribution in [3.63, 3.8) is 0 Å². The molecule has 31 heavy (non-hydrogen) atoms. The van der Waals surface area contributed by atoms with E-state index in [1.807, 2.05) is 30.3 Å². The van der Waals surface area contributed by atoms with Crippen molar-refractivity contribution in [3.05, 3.63) is 42.5 Å². The van der Waals surface area contributed by atoms with Crippen LogP contribution in [0.3, 0.4) is 0 Å². The third kappa shape index (κ3) is 3.70. The number of carbonyl (C=O) groups excluding carboxylic acids is 2. The number of anilines is 2. The maximum absolute atomic E-state index is 13.5. The summed E-state index contributed by atoms with van der Waals surface area (Å²) in [6.07, 6.45) is 0.154.